The van der Waals surface area contributed by atoms with Crippen molar-refractivity contribution in [2.75, 3.05) is 11.9 Å². The second-order valence-corrected chi connectivity index (χ2v) is 10.4. The molecule has 1 fully saturated rings. The molecule has 0 radical (unpaired) electrons. The topological polar surface area (TPSA) is 75.8 Å². The van der Waals surface area contributed by atoms with Crippen LogP contribution >= 0.6 is 11.6 Å². The number of fused-ring (bicyclic) bond motifs is 5. The minimum absolute atomic E-state index is 0.160. The molecule has 10 heteroatoms. The first-order valence-electron chi connectivity index (χ1n) is 12.9. The van der Waals surface area contributed by atoms with E-state index in [2.05, 4.69) is 9.88 Å². The first-order chi connectivity index (χ1) is 19.0. The van der Waals surface area contributed by atoms with Gasteiger partial charge in [-0.15, -0.1) is 0 Å². The average Bonchev–Trinajstić information content (AvgIpc) is 3.62. The predicted molar refractivity (Wildman–Crippen MR) is 146 cm³/mol. The maximum atomic E-state index is 13.7. The summed E-state index contributed by atoms with van der Waals surface area (Å²) in [5, 5.41) is 5.47. The number of aromatic nitrogens is 3. The number of hydrogen-bond acceptors (Lipinski definition) is 6. The Kier molecular flexibility index (Phi) is 5.62. The van der Waals surface area contributed by atoms with E-state index in [9.17, 15) is 9.18 Å². The lowest BCUT2D eigenvalue weighted by Crippen LogP contribution is -2.51. The molecule has 7 rings (SSSR count). The molecule has 1 saturated carbocycles. The third kappa shape index (κ3) is 4.04. The third-order valence-electron chi connectivity index (χ3n) is 7.51. The minimum Gasteiger partial charge on any atom is -0.438 e. The number of benzene rings is 2. The van der Waals surface area contributed by atoms with Gasteiger partial charge in [-0.2, -0.15) is 9.49 Å². The Balaban J connectivity index is 1.30. The standard InChI is InChI=1S/C29H24ClFN6O2/c1-35-27(38)25-26(37-23-9-3-8-22(23)33-29(35)37)34-36(28(25)39-20-6-2-5-19(30)15-20)16-17-11-13-18(14-12-17)21-7-4-10-24(31)32-21/h2,4-7,10-15,22-23H,3,8-9,16H2,1H3/t22-,23+/m1/s1. The number of guanidine groups is 1. The van der Waals surface area contributed by atoms with E-state index >= 15 is 0 Å². The van der Waals surface area contributed by atoms with Crippen LogP contribution in [0, 0.1) is 5.95 Å². The highest BCUT2D eigenvalue weighted by Gasteiger charge is 2.49. The fraction of sp³-hybridized carbons (Fsp3) is 0.241. The van der Waals surface area contributed by atoms with Gasteiger partial charge in [-0.05, 0) is 55.2 Å². The average molecular weight is 543 g/mol. The number of carbonyl (C=O) groups is 1. The van der Waals surface area contributed by atoms with E-state index in [0.29, 0.717) is 46.2 Å². The summed E-state index contributed by atoms with van der Waals surface area (Å²) in [6.07, 6.45) is 3.09. The van der Waals surface area contributed by atoms with Crippen LogP contribution < -0.4 is 9.64 Å². The molecule has 1 aliphatic carbocycles. The number of anilines is 1. The van der Waals surface area contributed by atoms with Crippen LogP contribution in [0.1, 0.15) is 35.2 Å². The molecule has 0 N–H and O–H groups in total. The number of hydrogen-bond donors (Lipinski definition) is 0. The van der Waals surface area contributed by atoms with Gasteiger partial charge in [0.2, 0.25) is 17.8 Å². The number of rotatable bonds is 5. The highest BCUT2D eigenvalue weighted by Crippen LogP contribution is 2.44. The molecule has 2 aliphatic heterocycles. The van der Waals surface area contributed by atoms with Crippen molar-refractivity contribution in [3.63, 3.8) is 0 Å². The first kappa shape index (κ1) is 23.8. The lowest BCUT2D eigenvalue weighted by atomic mass is 10.1. The molecule has 0 unspecified atom stereocenters. The smallest absolute Gasteiger partial charge is 0.269 e. The fourth-order valence-corrected chi connectivity index (χ4v) is 5.84. The van der Waals surface area contributed by atoms with Crippen molar-refractivity contribution in [1.82, 2.24) is 19.7 Å². The second kappa shape index (κ2) is 9.20. The summed E-state index contributed by atoms with van der Waals surface area (Å²) in [5.74, 6) is 1.34. The Morgan fingerprint density at radius 2 is 1.90 bits per heavy atom. The molecular weight excluding hydrogens is 519 g/mol. The van der Waals surface area contributed by atoms with Crippen molar-refractivity contribution in [2.45, 2.75) is 37.9 Å². The largest absolute Gasteiger partial charge is 0.438 e. The monoisotopic (exact) mass is 542 g/mol. The summed E-state index contributed by atoms with van der Waals surface area (Å²) in [7, 11) is 1.75. The minimum atomic E-state index is -0.523. The van der Waals surface area contributed by atoms with E-state index in [1.807, 2.05) is 24.3 Å². The number of amides is 1. The Labute approximate surface area is 229 Å². The molecule has 39 heavy (non-hydrogen) atoms. The van der Waals surface area contributed by atoms with Gasteiger partial charge in [0.15, 0.2) is 5.82 Å². The van der Waals surface area contributed by atoms with Crippen molar-refractivity contribution in [3.05, 3.63) is 88.8 Å². The number of aliphatic imine (C=N–C) groups is 1. The summed E-state index contributed by atoms with van der Waals surface area (Å²) < 4.78 is 21.7. The predicted octanol–water partition coefficient (Wildman–Crippen LogP) is 5.76. The quantitative estimate of drug-likeness (QED) is 0.300. The summed E-state index contributed by atoms with van der Waals surface area (Å²) >= 11 is 6.23. The molecule has 3 aliphatic rings. The van der Waals surface area contributed by atoms with E-state index in [4.69, 9.17) is 26.4 Å². The fourth-order valence-electron chi connectivity index (χ4n) is 5.66. The van der Waals surface area contributed by atoms with E-state index in [0.717, 1.165) is 30.4 Å². The molecule has 4 aromatic rings. The zero-order chi connectivity index (χ0) is 26.7. The highest BCUT2D eigenvalue weighted by atomic mass is 35.5. The maximum Gasteiger partial charge on any atom is 0.269 e. The van der Waals surface area contributed by atoms with Crippen molar-refractivity contribution in [1.29, 1.82) is 0 Å². The van der Waals surface area contributed by atoms with E-state index < -0.39 is 5.95 Å². The normalized spacial score (nSPS) is 19.6. The van der Waals surface area contributed by atoms with E-state index in [1.165, 1.54) is 6.07 Å². The summed E-state index contributed by atoms with van der Waals surface area (Å²) in [4.78, 5) is 26.2. The van der Waals surface area contributed by atoms with Crippen LogP contribution in [0.25, 0.3) is 11.3 Å². The Hall–Kier alpha value is -4.24. The maximum absolute atomic E-state index is 13.7. The van der Waals surface area contributed by atoms with Gasteiger partial charge in [0.1, 0.15) is 11.3 Å². The SMILES string of the molecule is CN1C(=O)c2c(nn(Cc3ccc(-c4cccc(F)n4)cc3)c2Oc2cccc(Cl)c2)N2C1=N[C@@H]1CCC[C@@H]12. The van der Waals surface area contributed by atoms with Crippen molar-refractivity contribution < 1.29 is 13.9 Å². The third-order valence-corrected chi connectivity index (χ3v) is 7.75. The van der Waals surface area contributed by atoms with E-state index in [1.54, 1.807) is 53.0 Å². The molecule has 196 valence electrons. The number of pyridine rings is 1. The molecule has 2 aromatic carbocycles. The zero-order valence-electron chi connectivity index (χ0n) is 21.1. The molecule has 4 heterocycles. The van der Waals surface area contributed by atoms with Gasteiger partial charge >= 0.3 is 0 Å². The van der Waals surface area contributed by atoms with Crippen LogP contribution in [0.15, 0.2) is 71.7 Å². The first-order valence-corrected chi connectivity index (χ1v) is 13.3. The number of halogens is 2. The number of nitrogens with zero attached hydrogens (tertiary/aromatic N) is 6. The van der Waals surface area contributed by atoms with Crippen LogP contribution in [0.5, 0.6) is 11.6 Å². The van der Waals surface area contributed by atoms with Gasteiger partial charge in [-0.3, -0.25) is 14.6 Å². The molecular formula is C29H24ClFN6O2. The van der Waals surface area contributed by atoms with Gasteiger partial charge in [0.25, 0.3) is 5.91 Å². The Bertz CT molecular complexity index is 1640. The Morgan fingerprint density at radius 3 is 2.69 bits per heavy atom. The zero-order valence-corrected chi connectivity index (χ0v) is 21.8. The van der Waals surface area contributed by atoms with Crippen molar-refractivity contribution in [2.24, 2.45) is 4.99 Å². The molecule has 1 amide bonds. The van der Waals surface area contributed by atoms with Gasteiger partial charge in [0, 0.05) is 17.6 Å². The van der Waals surface area contributed by atoms with Crippen LogP contribution in [0.4, 0.5) is 10.2 Å². The second-order valence-electron chi connectivity index (χ2n) is 9.99. The van der Waals surface area contributed by atoms with Crippen molar-refractivity contribution in [3.8, 4) is 22.9 Å². The molecule has 8 nitrogen and oxygen atoms in total. The van der Waals surface area contributed by atoms with Crippen LogP contribution in [-0.2, 0) is 6.54 Å². The number of carbonyl (C=O) groups excluding carboxylic acids is 1. The molecule has 0 bridgehead atoms. The number of ether oxygens (including phenoxy) is 1. The van der Waals surface area contributed by atoms with Gasteiger partial charge < -0.3 is 4.74 Å². The summed E-state index contributed by atoms with van der Waals surface area (Å²) in [6, 6.07) is 19.8. The Morgan fingerprint density at radius 1 is 1.08 bits per heavy atom. The van der Waals surface area contributed by atoms with Gasteiger partial charge in [-0.25, -0.2) is 14.7 Å². The van der Waals surface area contributed by atoms with E-state index in [-0.39, 0.29) is 18.0 Å². The van der Waals surface area contributed by atoms with Crippen LogP contribution in [0.3, 0.4) is 0 Å². The van der Waals surface area contributed by atoms with Gasteiger partial charge in [0.05, 0.1) is 24.3 Å². The molecule has 2 aromatic heterocycles. The highest BCUT2D eigenvalue weighted by molar-refractivity contribution is 6.30. The lowest BCUT2D eigenvalue weighted by molar-refractivity contribution is 0.0862. The summed E-state index contributed by atoms with van der Waals surface area (Å²) in [6.45, 7) is 0.352. The van der Waals surface area contributed by atoms with Crippen LogP contribution in [-0.4, -0.2) is 50.7 Å². The molecule has 0 spiro atoms. The lowest BCUT2D eigenvalue weighted by Gasteiger charge is -2.33. The van der Waals surface area contributed by atoms with Crippen LogP contribution in [0.2, 0.25) is 5.02 Å². The van der Waals surface area contributed by atoms with Crippen molar-refractivity contribution >= 4 is 29.3 Å². The molecule has 2 atom stereocenters. The summed E-state index contributed by atoms with van der Waals surface area (Å²) in [5.41, 5.74) is 2.70. The van der Waals surface area contributed by atoms with Gasteiger partial charge in [-0.1, -0.05) is 48.0 Å². The molecule has 0 saturated heterocycles.